The average molecular weight is 1120 g/mol. The van der Waals surface area contributed by atoms with Gasteiger partial charge >= 0.3 is 0 Å². The molecule has 0 fully saturated rings. The van der Waals surface area contributed by atoms with Crippen LogP contribution in [-0.2, 0) is 10.8 Å². The van der Waals surface area contributed by atoms with E-state index in [1.807, 2.05) is 200 Å². The van der Waals surface area contributed by atoms with Crippen LogP contribution in [0.1, 0.15) is 55.6 Å². The van der Waals surface area contributed by atoms with E-state index >= 15 is 17.6 Å². The van der Waals surface area contributed by atoms with Gasteiger partial charge in [0.15, 0.2) is 17.2 Å². The molecule has 0 spiro atoms. The van der Waals surface area contributed by atoms with E-state index in [2.05, 4.69) is 42.3 Å². The Morgan fingerprint density at radius 2 is 0.837 bits per heavy atom. The molecule has 2 aliphatic rings. The van der Waals surface area contributed by atoms with Gasteiger partial charge in [0.2, 0.25) is 0 Å². The molecule has 8 heteroatoms. The van der Waals surface area contributed by atoms with Gasteiger partial charge in [0, 0.05) is 39.3 Å². The van der Waals surface area contributed by atoms with Crippen molar-refractivity contribution in [1.82, 2.24) is 0 Å². The van der Waals surface area contributed by atoms with Crippen molar-refractivity contribution in [3.05, 3.63) is 353 Å². The van der Waals surface area contributed by atoms with Crippen LogP contribution in [-0.4, -0.2) is 0 Å². The van der Waals surface area contributed by atoms with Gasteiger partial charge in [0.25, 0.3) is 0 Å². The molecule has 12 aromatic carbocycles. The molecule has 4 nitrogen and oxygen atoms in total. The predicted octanol–water partition coefficient (Wildman–Crippen LogP) is 21.2. The number of hydrogen-bond donors (Lipinski definition) is 0. The number of anilines is 3. The second kappa shape index (κ2) is 20.4. The van der Waals surface area contributed by atoms with E-state index in [9.17, 15) is 0 Å². The number of fused-ring (bicyclic) bond motifs is 9. The van der Waals surface area contributed by atoms with E-state index in [1.165, 1.54) is 6.07 Å². The summed E-state index contributed by atoms with van der Waals surface area (Å²) < 4.78 is 85.8. The fraction of sp³-hybridized carbons (Fsp3) is 0.0256. The summed E-state index contributed by atoms with van der Waals surface area (Å²) in [5.41, 5.74) is 10.6. The molecule has 0 saturated heterocycles. The van der Waals surface area contributed by atoms with Gasteiger partial charge < -0.3 is 18.8 Å². The zero-order chi connectivity index (χ0) is 58.3. The lowest BCUT2D eigenvalue weighted by molar-refractivity contribution is 0.480. The first-order valence-electron chi connectivity index (χ1n) is 28.3. The highest BCUT2D eigenvalue weighted by Gasteiger charge is 2.50. The summed E-state index contributed by atoms with van der Waals surface area (Å²) in [5, 5.41) is 1.80. The van der Waals surface area contributed by atoms with E-state index in [0.29, 0.717) is 67.9 Å². The largest absolute Gasteiger partial charge is 0.457 e. The Morgan fingerprint density at radius 3 is 1.38 bits per heavy atom. The lowest BCUT2D eigenvalue weighted by Gasteiger charge is -2.36. The van der Waals surface area contributed by atoms with Crippen molar-refractivity contribution in [1.29, 1.82) is 0 Å². The van der Waals surface area contributed by atoms with Crippen molar-refractivity contribution in [2.45, 2.75) is 10.8 Å². The molecular formula is C78H49F4NO3. The summed E-state index contributed by atoms with van der Waals surface area (Å²) in [6.07, 6.45) is 3.53. The van der Waals surface area contributed by atoms with Crippen LogP contribution in [0.5, 0.6) is 23.0 Å². The van der Waals surface area contributed by atoms with Crippen LogP contribution < -0.4 is 14.4 Å². The molecule has 0 saturated carbocycles. The van der Waals surface area contributed by atoms with Crippen LogP contribution in [0, 0.1) is 23.3 Å². The maximum atomic E-state index is 17.4. The Bertz CT molecular complexity index is 4860. The third-order valence-corrected chi connectivity index (χ3v) is 17.2. The quantitative estimate of drug-likeness (QED) is 0.108. The van der Waals surface area contributed by atoms with Gasteiger partial charge in [-0.25, -0.2) is 17.6 Å². The molecule has 2 aliphatic carbocycles. The average Bonchev–Trinajstić information content (AvgIpc) is 1.72. The summed E-state index contributed by atoms with van der Waals surface area (Å²) in [6, 6.07) is 80.7. The predicted molar refractivity (Wildman–Crippen MR) is 336 cm³/mol. The van der Waals surface area contributed by atoms with Gasteiger partial charge in [-0.2, -0.15) is 0 Å². The van der Waals surface area contributed by atoms with Crippen molar-refractivity contribution >= 4 is 51.2 Å². The summed E-state index contributed by atoms with van der Waals surface area (Å²) in [7, 11) is 0. The zero-order valence-corrected chi connectivity index (χ0v) is 46.1. The molecule has 2 unspecified atom stereocenters. The number of ether oxygens (including phenoxy) is 2. The number of rotatable bonds is 13. The highest BCUT2D eigenvalue weighted by atomic mass is 19.2. The lowest BCUT2D eigenvalue weighted by Crippen LogP contribution is -2.30. The minimum atomic E-state index is -1.42. The van der Waals surface area contributed by atoms with Crippen LogP contribution in [0.3, 0.4) is 0 Å². The van der Waals surface area contributed by atoms with Gasteiger partial charge in [-0.1, -0.05) is 183 Å². The topological polar surface area (TPSA) is 34.8 Å². The van der Waals surface area contributed by atoms with E-state index in [4.69, 9.17) is 13.9 Å². The molecule has 0 aliphatic heterocycles. The summed E-state index contributed by atoms with van der Waals surface area (Å²) in [5.74, 6) is -1.01. The van der Waals surface area contributed by atoms with Crippen LogP contribution in [0.2, 0.25) is 0 Å². The Labute approximate surface area is 494 Å². The monoisotopic (exact) mass is 1120 g/mol. The molecule has 86 heavy (non-hydrogen) atoms. The zero-order valence-electron chi connectivity index (χ0n) is 46.1. The number of para-hydroxylation sites is 2. The molecule has 0 bridgehead atoms. The first kappa shape index (κ1) is 51.9. The second-order valence-corrected chi connectivity index (χ2v) is 21.7. The number of furan rings is 1. The van der Waals surface area contributed by atoms with Crippen molar-refractivity contribution in [2.75, 3.05) is 4.90 Å². The number of hydrogen-bond acceptors (Lipinski definition) is 4. The Morgan fingerprint density at radius 1 is 0.372 bits per heavy atom. The van der Waals surface area contributed by atoms with Gasteiger partial charge in [-0.3, -0.25) is 0 Å². The molecule has 0 radical (unpaired) electrons. The molecular weight excluding hydrogens is 1070 g/mol. The molecule has 0 N–H and O–H groups in total. The Balaban J connectivity index is 0.973. The maximum absolute atomic E-state index is 17.4. The van der Waals surface area contributed by atoms with Gasteiger partial charge in [-0.15, -0.1) is 0 Å². The van der Waals surface area contributed by atoms with Crippen molar-refractivity contribution in [3.8, 4) is 45.3 Å². The molecule has 2 atom stereocenters. The van der Waals surface area contributed by atoms with Gasteiger partial charge in [0.05, 0.1) is 16.5 Å². The summed E-state index contributed by atoms with van der Waals surface area (Å²) in [6.45, 7) is 7.75. The number of benzene rings is 12. The first-order valence-corrected chi connectivity index (χ1v) is 28.3. The van der Waals surface area contributed by atoms with E-state index in [-0.39, 0.29) is 11.1 Å². The Kier molecular flexibility index (Phi) is 12.3. The van der Waals surface area contributed by atoms with E-state index < -0.39 is 34.1 Å². The van der Waals surface area contributed by atoms with E-state index in [0.717, 1.165) is 73.0 Å². The van der Waals surface area contributed by atoms with Crippen molar-refractivity contribution < 1.29 is 31.5 Å². The first-order chi connectivity index (χ1) is 42.1. The molecule has 13 aromatic rings. The van der Waals surface area contributed by atoms with Crippen LogP contribution in [0.25, 0.3) is 56.3 Å². The fourth-order valence-corrected chi connectivity index (χ4v) is 13.4. The maximum Gasteiger partial charge on any atom is 0.163 e. The minimum Gasteiger partial charge on any atom is -0.457 e. The molecule has 1 heterocycles. The van der Waals surface area contributed by atoms with Gasteiger partial charge in [-0.05, 0) is 164 Å². The second-order valence-electron chi connectivity index (χ2n) is 21.7. The minimum absolute atomic E-state index is 0.129. The van der Waals surface area contributed by atoms with Crippen LogP contribution in [0.15, 0.2) is 278 Å². The highest BCUT2D eigenvalue weighted by Crippen LogP contribution is 2.61. The summed E-state index contributed by atoms with van der Waals surface area (Å²) >= 11 is 0. The molecule has 412 valence electrons. The van der Waals surface area contributed by atoms with Crippen molar-refractivity contribution in [2.24, 2.45) is 0 Å². The third kappa shape index (κ3) is 8.05. The summed E-state index contributed by atoms with van der Waals surface area (Å²) in [4.78, 5) is 2.12. The van der Waals surface area contributed by atoms with E-state index in [1.54, 1.807) is 30.4 Å². The standard InChI is InChI=1S/C78H49F4NO3/c1-3-48-23-34-55(35-24-48)84-57-38-27-50(28-39-57)77(67-44-31-52(79)45-72(67)81)65-17-8-5-13-59(65)61-42-32-53(46-69(61)77)83(73-21-11-16-64-63-15-7-10-22-74(63)86-76(64)73)54-33-43-62-60-14-6-9-18-66(60)78(70(62)47-54,68-19-12-20-71(80)75(68)82)51-29-40-58(41-30-51)85-56-36-25-49(4-2)26-37-56/h3-47H,1-2H2. The third-order valence-electron chi connectivity index (χ3n) is 17.2. The van der Waals surface area contributed by atoms with Gasteiger partial charge in [0.1, 0.15) is 40.2 Å². The SMILES string of the molecule is C=Cc1ccc(Oc2ccc(C3(c4ccc(F)cc4F)c4ccccc4-c4ccc(N(c5ccc6c(c5)C(c5ccc(Oc7ccc(C=C)cc7)cc5)(c5cccc(F)c5F)c5ccccc5-6)c5cccc6c5oc5ccccc56)cc43)cc2)cc1. The fourth-order valence-electron chi connectivity index (χ4n) is 13.4. The highest BCUT2D eigenvalue weighted by molar-refractivity contribution is 6.10. The van der Waals surface area contributed by atoms with Crippen LogP contribution >= 0.6 is 0 Å². The molecule has 15 rings (SSSR count). The van der Waals surface area contributed by atoms with Crippen LogP contribution in [0.4, 0.5) is 34.6 Å². The molecule has 0 amide bonds. The molecule has 1 aromatic heterocycles. The smallest absolute Gasteiger partial charge is 0.163 e. The van der Waals surface area contributed by atoms with Crippen molar-refractivity contribution in [3.63, 3.8) is 0 Å². The lowest BCUT2D eigenvalue weighted by atomic mass is 9.67. The number of nitrogens with zero attached hydrogens (tertiary/aromatic N) is 1. The Hall–Kier alpha value is -11.0. The normalized spacial score (nSPS) is 15.4. The number of halogens is 4.